The van der Waals surface area contributed by atoms with E-state index in [2.05, 4.69) is 6.92 Å². The van der Waals surface area contributed by atoms with Crippen LogP contribution < -0.4 is 5.73 Å². The highest BCUT2D eigenvalue weighted by molar-refractivity contribution is 5.80. The molecule has 3 nitrogen and oxygen atoms in total. The first-order valence-electron chi connectivity index (χ1n) is 3.96. The van der Waals surface area contributed by atoms with Crippen molar-refractivity contribution in [2.24, 2.45) is 11.7 Å². The van der Waals surface area contributed by atoms with Crippen LogP contribution in [-0.4, -0.2) is 30.9 Å². The summed E-state index contributed by atoms with van der Waals surface area (Å²) in [4.78, 5) is 12.8. The fraction of sp³-hybridized carbons (Fsp3) is 0.875. The van der Waals surface area contributed by atoms with Crippen molar-refractivity contribution in [2.75, 3.05) is 14.1 Å². The van der Waals surface area contributed by atoms with Gasteiger partial charge in [0, 0.05) is 0 Å². The molecule has 0 saturated heterocycles. The number of carbonyl (C=O) groups excluding carboxylic acids is 1. The second-order valence-corrected chi connectivity index (χ2v) is 3.20. The average Bonchev–Trinajstić information content (AvgIpc) is 1.85. The summed E-state index contributed by atoms with van der Waals surface area (Å²) in [7, 11) is 3.75. The van der Waals surface area contributed by atoms with E-state index in [0.717, 1.165) is 6.42 Å². The van der Waals surface area contributed by atoms with E-state index in [1.54, 1.807) is 0 Å². The summed E-state index contributed by atoms with van der Waals surface area (Å²) in [5.41, 5.74) is 5.23. The smallest absolute Gasteiger partial charge is 0.235 e. The fourth-order valence-corrected chi connectivity index (χ4v) is 1.27. The molecule has 11 heavy (non-hydrogen) atoms. The number of hydrogen-bond donors (Lipinski definition) is 1. The Labute approximate surface area is 68.6 Å². The summed E-state index contributed by atoms with van der Waals surface area (Å²) in [5, 5.41) is 0. The zero-order chi connectivity index (χ0) is 9.02. The van der Waals surface area contributed by atoms with Gasteiger partial charge in [0.1, 0.15) is 0 Å². The standard InChI is InChI=1S/C8H18N2O/c1-5-6(2)7(8(9)11)10(3)4/h6-7H,5H2,1-4H3,(H2,9,11). The molecule has 0 radical (unpaired) electrons. The van der Waals surface area contributed by atoms with E-state index in [4.69, 9.17) is 5.73 Å². The molecule has 0 bridgehead atoms. The van der Waals surface area contributed by atoms with E-state index < -0.39 is 0 Å². The van der Waals surface area contributed by atoms with Gasteiger partial charge in [0.2, 0.25) is 5.91 Å². The summed E-state index contributed by atoms with van der Waals surface area (Å²) < 4.78 is 0. The maximum absolute atomic E-state index is 10.9. The van der Waals surface area contributed by atoms with Gasteiger partial charge in [-0.1, -0.05) is 20.3 Å². The maximum Gasteiger partial charge on any atom is 0.235 e. The first kappa shape index (κ1) is 10.4. The van der Waals surface area contributed by atoms with Gasteiger partial charge < -0.3 is 5.73 Å². The predicted molar refractivity (Wildman–Crippen MR) is 46.1 cm³/mol. The lowest BCUT2D eigenvalue weighted by atomic mass is 9.98. The van der Waals surface area contributed by atoms with Crippen molar-refractivity contribution in [3.05, 3.63) is 0 Å². The SMILES string of the molecule is CCC(C)C(C(N)=O)N(C)C. The van der Waals surface area contributed by atoms with E-state index in [9.17, 15) is 4.79 Å². The number of nitrogens with zero attached hydrogens (tertiary/aromatic N) is 1. The van der Waals surface area contributed by atoms with Gasteiger partial charge >= 0.3 is 0 Å². The average molecular weight is 158 g/mol. The zero-order valence-electron chi connectivity index (χ0n) is 7.79. The molecule has 66 valence electrons. The van der Waals surface area contributed by atoms with E-state index in [0.29, 0.717) is 5.92 Å². The zero-order valence-corrected chi connectivity index (χ0v) is 7.79. The van der Waals surface area contributed by atoms with Crippen LogP contribution in [0.5, 0.6) is 0 Å². The van der Waals surface area contributed by atoms with Crippen molar-refractivity contribution in [3.63, 3.8) is 0 Å². The van der Waals surface area contributed by atoms with Gasteiger partial charge in [0.25, 0.3) is 0 Å². The predicted octanol–water partition coefficient (Wildman–Crippen LogP) is 0.448. The minimum Gasteiger partial charge on any atom is -0.368 e. The van der Waals surface area contributed by atoms with E-state index >= 15 is 0 Å². The van der Waals surface area contributed by atoms with Crippen molar-refractivity contribution >= 4 is 5.91 Å². The summed E-state index contributed by atoms with van der Waals surface area (Å²) in [5.74, 6) is 0.104. The Morgan fingerprint density at radius 1 is 1.55 bits per heavy atom. The second kappa shape index (κ2) is 4.34. The van der Waals surface area contributed by atoms with Crippen molar-refractivity contribution in [1.29, 1.82) is 0 Å². The molecule has 0 fully saturated rings. The number of carbonyl (C=O) groups is 1. The molecule has 0 aliphatic heterocycles. The van der Waals surface area contributed by atoms with Crippen LogP contribution in [-0.2, 0) is 4.79 Å². The lowest BCUT2D eigenvalue weighted by Crippen LogP contribution is -2.44. The van der Waals surface area contributed by atoms with E-state index in [1.807, 2.05) is 25.9 Å². The van der Waals surface area contributed by atoms with E-state index in [-0.39, 0.29) is 11.9 Å². The molecular formula is C8H18N2O. The van der Waals surface area contributed by atoms with Crippen LogP contribution in [0.15, 0.2) is 0 Å². The Bertz CT molecular complexity index is 134. The molecule has 0 aliphatic carbocycles. The lowest BCUT2D eigenvalue weighted by Gasteiger charge is -2.26. The third-order valence-electron chi connectivity index (χ3n) is 2.03. The normalized spacial score (nSPS) is 16.5. The number of primary amides is 1. The molecule has 0 spiro atoms. The molecule has 0 saturated carbocycles. The van der Waals surface area contributed by atoms with Gasteiger partial charge in [-0.15, -0.1) is 0 Å². The quantitative estimate of drug-likeness (QED) is 0.645. The van der Waals surface area contributed by atoms with Crippen LogP contribution >= 0.6 is 0 Å². The third kappa shape index (κ3) is 2.89. The molecule has 3 heteroatoms. The largest absolute Gasteiger partial charge is 0.368 e. The number of hydrogen-bond acceptors (Lipinski definition) is 2. The molecule has 0 aromatic carbocycles. The highest BCUT2D eigenvalue weighted by Crippen LogP contribution is 2.11. The van der Waals surface area contributed by atoms with Crippen LogP contribution in [0.4, 0.5) is 0 Å². The van der Waals surface area contributed by atoms with Gasteiger partial charge in [-0.05, 0) is 20.0 Å². The van der Waals surface area contributed by atoms with Crippen LogP contribution in [0.25, 0.3) is 0 Å². The molecule has 0 aromatic heterocycles. The number of rotatable bonds is 4. The highest BCUT2D eigenvalue weighted by atomic mass is 16.1. The molecule has 0 rings (SSSR count). The molecule has 0 aromatic rings. The maximum atomic E-state index is 10.9. The van der Waals surface area contributed by atoms with Crippen LogP contribution in [0.3, 0.4) is 0 Å². The lowest BCUT2D eigenvalue weighted by molar-refractivity contribution is -0.123. The molecule has 0 aliphatic rings. The number of amides is 1. The van der Waals surface area contributed by atoms with Gasteiger partial charge in [-0.2, -0.15) is 0 Å². The minimum atomic E-state index is -0.232. The Morgan fingerprint density at radius 2 is 2.00 bits per heavy atom. The monoisotopic (exact) mass is 158 g/mol. The summed E-state index contributed by atoms with van der Waals surface area (Å²) >= 11 is 0. The highest BCUT2D eigenvalue weighted by Gasteiger charge is 2.22. The Kier molecular flexibility index (Phi) is 4.11. The fourth-order valence-electron chi connectivity index (χ4n) is 1.27. The molecule has 2 N–H and O–H groups in total. The first-order valence-corrected chi connectivity index (χ1v) is 3.96. The van der Waals surface area contributed by atoms with Crippen molar-refractivity contribution in [1.82, 2.24) is 4.90 Å². The summed E-state index contributed by atoms with van der Waals surface area (Å²) in [6, 6.07) is -0.125. The second-order valence-electron chi connectivity index (χ2n) is 3.20. The molecule has 2 unspecified atom stereocenters. The third-order valence-corrected chi connectivity index (χ3v) is 2.03. The van der Waals surface area contributed by atoms with Gasteiger partial charge in [-0.25, -0.2) is 0 Å². The van der Waals surface area contributed by atoms with Crippen LogP contribution in [0.2, 0.25) is 0 Å². The van der Waals surface area contributed by atoms with Gasteiger partial charge in [0.05, 0.1) is 6.04 Å². The van der Waals surface area contributed by atoms with Gasteiger partial charge in [0.15, 0.2) is 0 Å². The van der Waals surface area contributed by atoms with Crippen molar-refractivity contribution in [3.8, 4) is 0 Å². The first-order chi connectivity index (χ1) is 5.00. The molecule has 2 atom stereocenters. The van der Waals surface area contributed by atoms with Crippen LogP contribution in [0.1, 0.15) is 20.3 Å². The number of nitrogens with two attached hydrogens (primary N) is 1. The number of likely N-dealkylation sites (N-methyl/N-ethyl adjacent to an activating group) is 1. The van der Waals surface area contributed by atoms with Crippen molar-refractivity contribution in [2.45, 2.75) is 26.3 Å². The summed E-state index contributed by atoms with van der Waals surface area (Å²) in [6.45, 7) is 4.10. The Balaban J connectivity index is 4.21. The minimum absolute atomic E-state index is 0.125. The Morgan fingerprint density at radius 3 is 2.09 bits per heavy atom. The van der Waals surface area contributed by atoms with Crippen molar-refractivity contribution < 1.29 is 4.79 Å². The Hall–Kier alpha value is -0.570. The molecule has 0 heterocycles. The molecule has 1 amide bonds. The topological polar surface area (TPSA) is 46.3 Å². The summed E-state index contributed by atoms with van der Waals surface area (Å²) in [6.07, 6.45) is 0.978. The molecular weight excluding hydrogens is 140 g/mol. The van der Waals surface area contributed by atoms with Gasteiger partial charge in [-0.3, -0.25) is 9.69 Å². The van der Waals surface area contributed by atoms with E-state index in [1.165, 1.54) is 0 Å². The van der Waals surface area contributed by atoms with Crippen LogP contribution in [0, 0.1) is 5.92 Å².